The fraction of sp³-hybridized carbons (Fsp3) is 0.333. The summed E-state index contributed by atoms with van der Waals surface area (Å²) in [5.41, 5.74) is 7.95. The molecule has 0 bridgehead atoms. The summed E-state index contributed by atoms with van der Waals surface area (Å²) >= 11 is 5.81. The van der Waals surface area contributed by atoms with Crippen molar-refractivity contribution in [1.82, 2.24) is 14.6 Å². The van der Waals surface area contributed by atoms with Gasteiger partial charge in [-0.05, 0) is 43.0 Å². The quantitative estimate of drug-likeness (QED) is 0.785. The third kappa shape index (κ3) is 2.29. The first-order valence-electron chi connectivity index (χ1n) is 7.38. The predicted molar refractivity (Wildman–Crippen MR) is 86.2 cm³/mol. The van der Waals surface area contributed by atoms with E-state index in [1.54, 1.807) is 16.6 Å². The van der Waals surface area contributed by atoms with Crippen molar-refractivity contribution in [2.75, 3.05) is 23.7 Å². The van der Waals surface area contributed by atoms with Crippen LogP contribution in [0.3, 0.4) is 0 Å². The molecule has 7 heteroatoms. The molecule has 2 N–H and O–H groups in total. The lowest BCUT2D eigenvalue weighted by Gasteiger charge is -2.28. The number of nitrogens with zero attached hydrogens (tertiary/aromatic N) is 4. The Kier molecular flexibility index (Phi) is 3.18. The molecule has 0 spiro atoms. The molecule has 0 aliphatic carbocycles. The minimum atomic E-state index is 0.316. The second-order valence-electron chi connectivity index (χ2n) is 5.50. The first-order chi connectivity index (χ1) is 10.7. The van der Waals surface area contributed by atoms with Crippen LogP contribution in [0.2, 0.25) is 5.22 Å². The number of nitrogen functional groups attached to an aromatic ring is 1. The molecule has 1 aliphatic heterocycles. The van der Waals surface area contributed by atoms with E-state index in [4.69, 9.17) is 21.8 Å². The fourth-order valence-corrected chi connectivity index (χ4v) is 3.01. The van der Waals surface area contributed by atoms with E-state index in [1.807, 2.05) is 12.1 Å². The van der Waals surface area contributed by atoms with E-state index < -0.39 is 0 Å². The molecule has 1 saturated heterocycles. The highest BCUT2D eigenvalue weighted by atomic mass is 35.5. The lowest BCUT2D eigenvalue weighted by molar-refractivity contribution is 0.578. The molecule has 1 fully saturated rings. The first-order valence-corrected chi connectivity index (χ1v) is 7.75. The number of aromatic nitrogens is 3. The van der Waals surface area contributed by atoms with Crippen LogP contribution in [0.4, 0.5) is 11.5 Å². The van der Waals surface area contributed by atoms with E-state index >= 15 is 0 Å². The summed E-state index contributed by atoms with van der Waals surface area (Å²) in [6, 6.07) is 7.39. The molecule has 22 heavy (non-hydrogen) atoms. The second-order valence-corrected chi connectivity index (χ2v) is 5.87. The number of hydrogen-bond donors (Lipinski definition) is 1. The lowest BCUT2D eigenvalue weighted by atomic mass is 10.1. The maximum atomic E-state index is 6.14. The van der Waals surface area contributed by atoms with E-state index in [-0.39, 0.29) is 0 Å². The number of piperidine rings is 1. The second kappa shape index (κ2) is 5.21. The summed E-state index contributed by atoms with van der Waals surface area (Å²) in [6.07, 6.45) is 3.73. The van der Waals surface area contributed by atoms with Gasteiger partial charge in [-0.2, -0.15) is 4.52 Å². The lowest BCUT2D eigenvalue weighted by Crippen LogP contribution is -2.29. The van der Waals surface area contributed by atoms with Crippen molar-refractivity contribution >= 4 is 28.8 Å². The van der Waals surface area contributed by atoms with Gasteiger partial charge in [0.2, 0.25) is 5.82 Å². The van der Waals surface area contributed by atoms with Gasteiger partial charge >= 0.3 is 0 Å². The molecular formula is C15H16ClN5O. The molecular weight excluding hydrogens is 302 g/mol. The largest absolute Gasteiger partial charge is 0.441 e. The highest BCUT2D eigenvalue weighted by molar-refractivity contribution is 6.28. The zero-order valence-electron chi connectivity index (χ0n) is 12.0. The van der Waals surface area contributed by atoms with Crippen molar-refractivity contribution < 1.29 is 4.42 Å². The van der Waals surface area contributed by atoms with Crippen LogP contribution in [0.25, 0.3) is 17.2 Å². The summed E-state index contributed by atoms with van der Waals surface area (Å²) in [5.74, 6) is 1.58. The number of furan rings is 1. The Bertz CT molecular complexity index is 819. The average Bonchev–Trinajstić information content (AvgIpc) is 3.14. The molecule has 114 valence electrons. The number of halogens is 1. The van der Waals surface area contributed by atoms with E-state index in [9.17, 15) is 0 Å². The molecule has 0 aromatic carbocycles. The number of hydrogen-bond acceptors (Lipinski definition) is 5. The van der Waals surface area contributed by atoms with Gasteiger partial charge in [0.15, 0.2) is 16.6 Å². The minimum absolute atomic E-state index is 0.316. The van der Waals surface area contributed by atoms with Gasteiger partial charge in [0.05, 0.1) is 0 Å². The molecule has 0 saturated carbocycles. The van der Waals surface area contributed by atoms with Gasteiger partial charge in [-0.25, -0.2) is 4.98 Å². The Morgan fingerprint density at radius 3 is 2.68 bits per heavy atom. The van der Waals surface area contributed by atoms with Crippen molar-refractivity contribution in [3.63, 3.8) is 0 Å². The average molecular weight is 318 g/mol. The smallest absolute Gasteiger partial charge is 0.218 e. The van der Waals surface area contributed by atoms with Crippen molar-refractivity contribution in [2.45, 2.75) is 19.3 Å². The topological polar surface area (TPSA) is 72.6 Å². The van der Waals surface area contributed by atoms with Crippen LogP contribution < -0.4 is 10.6 Å². The molecule has 0 radical (unpaired) electrons. The van der Waals surface area contributed by atoms with Crippen molar-refractivity contribution in [2.24, 2.45) is 0 Å². The monoisotopic (exact) mass is 317 g/mol. The third-order valence-corrected chi connectivity index (χ3v) is 4.17. The normalized spacial score (nSPS) is 15.6. The summed E-state index contributed by atoms with van der Waals surface area (Å²) < 4.78 is 6.99. The van der Waals surface area contributed by atoms with Crippen molar-refractivity contribution in [3.8, 4) is 11.6 Å². The summed E-state index contributed by atoms with van der Waals surface area (Å²) in [7, 11) is 0. The Labute approximate surface area is 132 Å². The van der Waals surface area contributed by atoms with Crippen LogP contribution in [-0.4, -0.2) is 27.7 Å². The molecule has 0 atom stereocenters. The number of pyridine rings is 1. The van der Waals surface area contributed by atoms with Gasteiger partial charge in [-0.15, -0.1) is 5.10 Å². The number of anilines is 2. The zero-order valence-corrected chi connectivity index (χ0v) is 12.8. The van der Waals surface area contributed by atoms with Gasteiger partial charge in [0.1, 0.15) is 5.82 Å². The molecule has 0 amide bonds. The molecule has 1 aliphatic rings. The van der Waals surface area contributed by atoms with Crippen LogP contribution >= 0.6 is 11.6 Å². The molecule has 3 aromatic rings. The van der Waals surface area contributed by atoms with Gasteiger partial charge in [0.25, 0.3) is 0 Å². The standard InChI is InChI=1S/C15H16ClN5O/c16-12-5-4-11(22-12)15-18-14-9-10(8-13(17)21(14)19-15)20-6-2-1-3-7-20/h4-5,8-9H,1-3,6-7,17H2. The van der Waals surface area contributed by atoms with Crippen LogP contribution in [0.15, 0.2) is 28.7 Å². The Morgan fingerprint density at radius 2 is 1.95 bits per heavy atom. The molecule has 3 aromatic heterocycles. The number of nitrogens with two attached hydrogens (primary N) is 1. The minimum Gasteiger partial charge on any atom is -0.441 e. The van der Waals surface area contributed by atoms with Gasteiger partial charge in [-0.3, -0.25) is 0 Å². The first kappa shape index (κ1) is 13.5. The van der Waals surface area contributed by atoms with Crippen molar-refractivity contribution in [3.05, 3.63) is 29.5 Å². The Hall–Kier alpha value is -2.21. The highest BCUT2D eigenvalue weighted by Crippen LogP contribution is 2.27. The Balaban J connectivity index is 1.77. The fourth-order valence-electron chi connectivity index (χ4n) is 2.87. The summed E-state index contributed by atoms with van der Waals surface area (Å²) in [4.78, 5) is 6.85. The van der Waals surface area contributed by atoms with Crippen LogP contribution in [0.5, 0.6) is 0 Å². The Morgan fingerprint density at radius 1 is 1.14 bits per heavy atom. The zero-order chi connectivity index (χ0) is 15.1. The van der Waals surface area contributed by atoms with E-state index in [0.717, 1.165) is 18.8 Å². The highest BCUT2D eigenvalue weighted by Gasteiger charge is 2.16. The summed E-state index contributed by atoms with van der Waals surface area (Å²) in [6.45, 7) is 2.12. The van der Waals surface area contributed by atoms with Gasteiger partial charge < -0.3 is 15.1 Å². The number of rotatable bonds is 2. The predicted octanol–water partition coefficient (Wildman–Crippen LogP) is 3.22. The molecule has 6 nitrogen and oxygen atoms in total. The van der Waals surface area contributed by atoms with Crippen LogP contribution in [0.1, 0.15) is 19.3 Å². The van der Waals surface area contributed by atoms with Crippen molar-refractivity contribution in [1.29, 1.82) is 0 Å². The maximum Gasteiger partial charge on any atom is 0.218 e. The number of fused-ring (bicyclic) bond motifs is 1. The third-order valence-electron chi connectivity index (χ3n) is 3.96. The van der Waals surface area contributed by atoms with Gasteiger partial charge in [0, 0.05) is 30.9 Å². The van der Waals surface area contributed by atoms with Crippen LogP contribution in [-0.2, 0) is 0 Å². The molecule has 4 heterocycles. The molecule has 4 rings (SSSR count). The summed E-state index contributed by atoms with van der Waals surface area (Å²) in [5, 5.41) is 4.71. The molecule has 0 unspecified atom stereocenters. The van der Waals surface area contributed by atoms with Gasteiger partial charge in [-0.1, -0.05) is 0 Å². The maximum absolute atomic E-state index is 6.14. The van der Waals surface area contributed by atoms with E-state index in [0.29, 0.717) is 28.3 Å². The van der Waals surface area contributed by atoms with E-state index in [2.05, 4.69) is 15.0 Å². The van der Waals surface area contributed by atoms with E-state index in [1.165, 1.54) is 19.3 Å². The van der Waals surface area contributed by atoms with Crippen LogP contribution in [0, 0.1) is 0 Å². The SMILES string of the molecule is Nc1cc(N2CCCCC2)cc2nc(-c3ccc(Cl)o3)nn12.